The van der Waals surface area contributed by atoms with Crippen molar-refractivity contribution in [3.63, 3.8) is 0 Å². The number of amides is 2. The highest BCUT2D eigenvalue weighted by Gasteiger charge is 2.26. The minimum atomic E-state index is -0.606. The van der Waals surface area contributed by atoms with Gasteiger partial charge in [0.05, 0.1) is 35.8 Å². The summed E-state index contributed by atoms with van der Waals surface area (Å²) in [7, 11) is 1.49. The monoisotopic (exact) mass is 461 g/mol. The second-order valence-electron chi connectivity index (χ2n) is 6.67. The van der Waals surface area contributed by atoms with Crippen LogP contribution in [0.3, 0.4) is 0 Å². The Morgan fingerprint density at radius 3 is 2.28 bits per heavy atom. The predicted molar refractivity (Wildman–Crippen MR) is 123 cm³/mol. The lowest BCUT2D eigenvalue weighted by molar-refractivity contribution is -0.114. The van der Waals surface area contributed by atoms with E-state index in [1.165, 1.54) is 7.05 Å². The lowest BCUT2D eigenvalue weighted by atomic mass is 10.1. The van der Waals surface area contributed by atoms with Gasteiger partial charge in [0.1, 0.15) is 5.00 Å². The number of carbonyl (C=O) groups is 4. The first-order valence-electron chi connectivity index (χ1n) is 10.2. The molecule has 0 fully saturated rings. The largest absolute Gasteiger partial charge is 0.462 e. The summed E-state index contributed by atoms with van der Waals surface area (Å²) in [5.74, 6) is -1.77. The zero-order chi connectivity index (χ0) is 23.7. The molecule has 0 radical (unpaired) electrons. The number of benzene rings is 1. The van der Waals surface area contributed by atoms with Crippen molar-refractivity contribution in [1.29, 1.82) is 0 Å². The van der Waals surface area contributed by atoms with Gasteiger partial charge < -0.3 is 25.4 Å². The smallest absolute Gasteiger partial charge is 0.341 e. The molecule has 1 heterocycles. The molecule has 0 bridgehead atoms. The van der Waals surface area contributed by atoms with Crippen molar-refractivity contribution in [2.75, 3.05) is 37.4 Å². The van der Waals surface area contributed by atoms with E-state index < -0.39 is 17.8 Å². The Hall–Kier alpha value is -3.40. The van der Waals surface area contributed by atoms with E-state index in [0.717, 1.165) is 17.8 Å². The number of thiophene rings is 1. The van der Waals surface area contributed by atoms with Crippen molar-refractivity contribution in [3.8, 4) is 0 Å². The van der Waals surface area contributed by atoms with Crippen LogP contribution in [0, 0.1) is 6.92 Å². The third kappa shape index (κ3) is 6.30. The molecule has 1 aromatic heterocycles. The molecule has 0 atom stereocenters. The molecule has 0 spiro atoms. The molecule has 2 rings (SSSR count). The Bertz CT molecular complexity index is 984. The van der Waals surface area contributed by atoms with E-state index in [9.17, 15) is 19.2 Å². The number of nitrogens with one attached hydrogen (secondary N) is 3. The molecule has 10 heteroatoms. The Kier molecular flexibility index (Phi) is 9.21. The van der Waals surface area contributed by atoms with Crippen LogP contribution in [0.4, 0.5) is 10.7 Å². The van der Waals surface area contributed by atoms with Crippen molar-refractivity contribution < 1.29 is 28.7 Å². The predicted octanol–water partition coefficient (Wildman–Crippen LogP) is 3.21. The maximum Gasteiger partial charge on any atom is 0.341 e. The van der Waals surface area contributed by atoms with E-state index in [1.807, 2.05) is 6.92 Å². The summed E-state index contributed by atoms with van der Waals surface area (Å²) in [5.41, 5.74) is 1.66. The first-order valence-corrected chi connectivity index (χ1v) is 11.0. The van der Waals surface area contributed by atoms with Gasteiger partial charge in [-0.15, -0.1) is 11.3 Å². The average Bonchev–Trinajstić information content (AvgIpc) is 3.11. The van der Waals surface area contributed by atoms with Gasteiger partial charge in [0.15, 0.2) is 0 Å². The fourth-order valence-electron chi connectivity index (χ4n) is 2.74. The minimum Gasteiger partial charge on any atom is -0.462 e. The number of ether oxygens (including phenoxy) is 2. The summed E-state index contributed by atoms with van der Waals surface area (Å²) >= 11 is 1.01. The summed E-state index contributed by atoms with van der Waals surface area (Å²) in [4.78, 5) is 49.1. The van der Waals surface area contributed by atoms with Crippen LogP contribution < -0.4 is 16.0 Å². The Labute approximate surface area is 190 Å². The van der Waals surface area contributed by atoms with E-state index in [1.54, 1.807) is 38.1 Å². The van der Waals surface area contributed by atoms with Crippen LogP contribution in [0.15, 0.2) is 24.3 Å². The fraction of sp³-hybridized carbons (Fsp3) is 0.364. The molecule has 0 aliphatic rings. The molecule has 3 N–H and O–H groups in total. The molecule has 2 aromatic rings. The number of rotatable bonds is 10. The first kappa shape index (κ1) is 24.9. The molecule has 2 amide bonds. The molecule has 0 unspecified atom stereocenters. The van der Waals surface area contributed by atoms with Crippen LogP contribution in [0.2, 0.25) is 0 Å². The fourth-order valence-corrected chi connectivity index (χ4v) is 3.89. The standard InChI is InChI=1S/C22H27N3O6S/c1-5-11-31-21(28)14-7-9-15(10-8-14)24-12-16(26)25-20-17(22(29)30-6-2)13(3)18(32-20)19(27)23-4/h7-10,24H,5-6,11-12H2,1-4H3,(H,23,27)(H,25,26). The Morgan fingerprint density at radius 2 is 1.69 bits per heavy atom. The molecule has 1 aromatic carbocycles. The highest BCUT2D eigenvalue weighted by atomic mass is 32.1. The van der Waals surface area contributed by atoms with Gasteiger partial charge in [-0.1, -0.05) is 6.92 Å². The number of esters is 2. The third-order valence-electron chi connectivity index (χ3n) is 4.32. The quantitative estimate of drug-likeness (QED) is 0.464. The summed E-state index contributed by atoms with van der Waals surface area (Å²) in [6, 6.07) is 6.54. The highest BCUT2D eigenvalue weighted by molar-refractivity contribution is 7.18. The van der Waals surface area contributed by atoms with Gasteiger partial charge in [-0.05, 0) is 50.1 Å². The third-order valence-corrected chi connectivity index (χ3v) is 5.53. The maximum atomic E-state index is 12.5. The van der Waals surface area contributed by atoms with E-state index >= 15 is 0 Å². The minimum absolute atomic E-state index is 0.0891. The van der Waals surface area contributed by atoms with Gasteiger partial charge in [0.2, 0.25) is 5.91 Å². The normalized spacial score (nSPS) is 10.2. The first-order chi connectivity index (χ1) is 15.3. The second kappa shape index (κ2) is 11.8. The second-order valence-corrected chi connectivity index (χ2v) is 7.70. The van der Waals surface area contributed by atoms with Crippen molar-refractivity contribution in [2.24, 2.45) is 0 Å². The Morgan fingerprint density at radius 1 is 1.00 bits per heavy atom. The average molecular weight is 462 g/mol. The number of anilines is 2. The number of carbonyl (C=O) groups excluding carboxylic acids is 4. The zero-order valence-corrected chi connectivity index (χ0v) is 19.3. The molecule has 0 saturated carbocycles. The van der Waals surface area contributed by atoms with Crippen molar-refractivity contribution in [1.82, 2.24) is 5.32 Å². The zero-order valence-electron chi connectivity index (χ0n) is 18.5. The van der Waals surface area contributed by atoms with E-state index in [2.05, 4.69) is 16.0 Å². The van der Waals surface area contributed by atoms with Crippen molar-refractivity contribution in [2.45, 2.75) is 27.2 Å². The van der Waals surface area contributed by atoms with Gasteiger partial charge in [0.25, 0.3) is 5.91 Å². The highest BCUT2D eigenvalue weighted by Crippen LogP contribution is 2.33. The summed E-state index contributed by atoms with van der Waals surface area (Å²) in [6.07, 6.45) is 0.743. The number of hydrogen-bond donors (Lipinski definition) is 3. The van der Waals surface area contributed by atoms with Crippen LogP contribution in [0.1, 0.15) is 56.2 Å². The van der Waals surface area contributed by atoms with Crippen LogP contribution in [-0.4, -0.2) is 50.6 Å². The van der Waals surface area contributed by atoms with Gasteiger partial charge in [-0.2, -0.15) is 0 Å². The topological polar surface area (TPSA) is 123 Å². The summed E-state index contributed by atoms with van der Waals surface area (Å²) in [5, 5.41) is 8.39. The van der Waals surface area contributed by atoms with Gasteiger partial charge in [-0.3, -0.25) is 9.59 Å². The molecular formula is C22H27N3O6S. The van der Waals surface area contributed by atoms with Crippen molar-refractivity contribution in [3.05, 3.63) is 45.8 Å². The lowest BCUT2D eigenvalue weighted by Crippen LogP contribution is -2.22. The molecule has 172 valence electrons. The SMILES string of the molecule is CCCOC(=O)c1ccc(NCC(=O)Nc2sc(C(=O)NC)c(C)c2C(=O)OCC)cc1. The molecule has 32 heavy (non-hydrogen) atoms. The summed E-state index contributed by atoms with van der Waals surface area (Å²) in [6.45, 7) is 5.66. The van der Waals surface area contributed by atoms with Crippen LogP contribution in [-0.2, 0) is 14.3 Å². The lowest BCUT2D eigenvalue weighted by Gasteiger charge is -2.09. The van der Waals surface area contributed by atoms with Crippen LogP contribution >= 0.6 is 11.3 Å². The van der Waals surface area contributed by atoms with E-state index in [4.69, 9.17) is 9.47 Å². The van der Waals surface area contributed by atoms with Crippen LogP contribution in [0.5, 0.6) is 0 Å². The molecule has 0 aliphatic heterocycles. The van der Waals surface area contributed by atoms with Crippen molar-refractivity contribution >= 4 is 45.8 Å². The van der Waals surface area contributed by atoms with Crippen LogP contribution in [0.25, 0.3) is 0 Å². The van der Waals surface area contributed by atoms with E-state index in [0.29, 0.717) is 28.3 Å². The summed E-state index contributed by atoms with van der Waals surface area (Å²) < 4.78 is 10.2. The van der Waals surface area contributed by atoms with E-state index in [-0.39, 0.29) is 29.6 Å². The van der Waals surface area contributed by atoms with Gasteiger partial charge >= 0.3 is 11.9 Å². The number of hydrogen-bond acceptors (Lipinski definition) is 8. The molecular weight excluding hydrogens is 434 g/mol. The maximum absolute atomic E-state index is 12.5. The molecule has 9 nitrogen and oxygen atoms in total. The van der Waals surface area contributed by atoms with Gasteiger partial charge in [0, 0.05) is 12.7 Å². The molecule has 0 saturated heterocycles. The molecule has 0 aliphatic carbocycles. The Balaban J connectivity index is 2.07. The van der Waals surface area contributed by atoms with Gasteiger partial charge in [-0.25, -0.2) is 9.59 Å².